The maximum Gasteiger partial charge on any atom is 0.320 e. The number of urea groups is 1. The van der Waals surface area contributed by atoms with Crippen LogP contribution >= 0.6 is 0 Å². The second kappa shape index (κ2) is 9.25. The molecule has 2 heterocycles. The lowest BCUT2D eigenvalue weighted by Gasteiger charge is -2.42. The van der Waals surface area contributed by atoms with Gasteiger partial charge >= 0.3 is 6.03 Å². The van der Waals surface area contributed by atoms with Gasteiger partial charge in [0, 0.05) is 5.56 Å². The third kappa shape index (κ3) is 5.17. The number of sulfonamides is 1. The second-order valence-electron chi connectivity index (χ2n) is 8.94. The topological polar surface area (TPSA) is 69.7 Å². The molecule has 2 aromatic rings. The molecule has 0 radical (unpaired) electrons. The molecule has 2 saturated heterocycles. The fourth-order valence-electron chi connectivity index (χ4n) is 4.45. The molecule has 13 heteroatoms. The van der Waals surface area contributed by atoms with Crippen molar-refractivity contribution in [1.82, 2.24) is 14.5 Å². The summed E-state index contributed by atoms with van der Waals surface area (Å²) in [5.41, 5.74) is 0.0275. The van der Waals surface area contributed by atoms with Crippen LogP contribution in [-0.2, 0) is 16.4 Å². The number of carbonyl (C=O) groups excluding carboxylic acids is 1. The van der Waals surface area contributed by atoms with E-state index in [4.69, 9.17) is 0 Å². The van der Waals surface area contributed by atoms with Crippen LogP contribution in [0.1, 0.15) is 12.5 Å². The Morgan fingerprint density at radius 3 is 2.33 bits per heavy atom. The Morgan fingerprint density at radius 2 is 1.72 bits per heavy atom. The molecule has 196 valence electrons. The number of nitrogens with zero attached hydrogens (tertiary/aromatic N) is 2. The Labute approximate surface area is 203 Å². The number of alkyl halides is 4. The number of rotatable bonds is 6. The largest absolute Gasteiger partial charge is 0.320 e. The van der Waals surface area contributed by atoms with E-state index in [-0.39, 0.29) is 16.7 Å². The van der Waals surface area contributed by atoms with E-state index >= 15 is 13.2 Å². The first kappa shape index (κ1) is 26.3. The Bertz CT molecular complexity index is 1270. The van der Waals surface area contributed by atoms with Gasteiger partial charge in [0.05, 0.1) is 31.4 Å². The van der Waals surface area contributed by atoms with Gasteiger partial charge in [-0.3, -0.25) is 0 Å². The number of hydrogen-bond acceptors (Lipinski definition) is 3. The van der Waals surface area contributed by atoms with Crippen LogP contribution in [0, 0.1) is 11.6 Å². The molecule has 36 heavy (non-hydrogen) atoms. The molecular formula is C23H23F6N3O3S. The summed E-state index contributed by atoms with van der Waals surface area (Å²) in [7, 11) is -4.18. The van der Waals surface area contributed by atoms with Crippen LogP contribution in [0.4, 0.5) is 31.1 Å². The quantitative estimate of drug-likeness (QED) is 0.571. The van der Waals surface area contributed by atoms with Crippen LogP contribution in [0.25, 0.3) is 11.1 Å². The second-order valence-corrected chi connectivity index (χ2v) is 11.0. The fraction of sp³-hybridized carbons (Fsp3) is 0.435. The van der Waals surface area contributed by atoms with Gasteiger partial charge in [-0.2, -0.15) is 0 Å². The maximum atomic E-state index is 15.5. The van der Waals surface area contributed by atoms with Crippen LogP contribution in [0.2, 0.25) is 0 Å². The summed E-state index contributed by atoms with van der Waals surface area (Å²) >= 11 is 0. The van der Waals surface area contributed by atoms with Crippen molar-refractivity contribution in [3.05, 3.63) is 59.7 Å². The van der Waals surface area contributed by atoms with Crippen molar-refractivity contribution in [3.8, 4) is 11.1 Å². The lowest BCUT2D eigenvalue weighted by Crippen LogP contribution is -2.63. The molecular weight excluding hydrogens is 512 g/mol. The van der Waals surface area contributed by atoms with Gasteiger partial charge in [-0.25, -0.2) is 44.3 Å². The Kier molecular flexibility index (Phi) is 6.75. The van der Waals surface area contributed by atoms with Crippen LogP contribution in [0.15, 0.2) is 42.5 Å². The molecule has 2 amide bonds. The highest BCUT2D eigenvalue weighted by atomic mass is 32.2. The van der Waals surface area contributed by atoms with Gasteiger partial charge in [-0.05, 0) is 36.6 Å². The van der Waals surface area contributed by atoms with E-state index in [2.05, 4.69) is 0 Å². The van der Waals surface area contributed by atoms with Crippen LogP contribution < -0.4 is 4.72 Å². The molecule has 0 spiro atoms. The molecule has 2 atom stereocenters. The average molecular weight is 536 g/mol. The molecule has 2 aromatic carbocycles. The number of likely N-dealkylation sites (tertiary alicyclic amines) is 2. The smallest absolute Gasteiger partial charge is 0.313 e. The minimum absolute atomic E-state index is 0.0253. The van der Waals surface area contributed by atoms with Gasteiger partial charge < -0.3 is 9.80 Å². The third-order valence-corrected chi connectivity index (χ3v) is 7.68. The van der Waals surface area contributed by atoms with E-state index in [1.54, 1.807) is 0 Å². The van der Waals surface area contributed by atoms with Gasteiger partial charge in [0.15, 0.2) is 0 Å². The third-order valence-electron chi connectivity index (χ3n) is 6.31. The molecule has 1 N–H and O–H groups in total. The zero-order chi connectivity index (χ0) is 26.5. The minimum Gasteiger partial charge on any atom is -0.313 e. The van der Waals surface area contributed by atoms with Gasteiger partial charge in [-0.15, -0.1) is 0 Å². The van der Waals surface area contributed by atoms with Crippen molar-refractivity contribution < 1.29 is 39.6 Å². The van der Waals surface area contributed by atoms with E-state index in [9.17, 15) is 26.4 Å². The van der Waals surface area contributed by atoms with Gasteiger partial charge in [0.25, 0.3) is 11.8 Å². The van der Waals surface area contributed by atoms with Crippen molar-refractivity contribution in [2.24, 2.45) is 0 Å². The first-order valence-electron chi connectivity index (χ1n) is 11.1. The van der Waals surface area contributed by atoms with Crippen molar-refractivity contribution in [1.29, 1.82) is 0 Å². The highest BCUT2D eigenvalue weighted by molar-refractivity contribution is 7.89. The molecule has 0 unspecified atom stereocenters. The Balaban J connectivity index is 1.71. The maximum absolute atomic E-state index is 15.5. The van der Waals surface area contributed by atoms with E-state index < -0.39 is 83.4 Å². The van der Waals surface area contributed by atoms with Crippen LogP contribution in [0.3, 0.4) is 0 Å². The number of nitrogens with one attached hydrogen (secondary N) is 1. The number of halogens is 6. The monoisotopic (exact) mass is 535 g/mol. The summed E-state index contributed by atoms with van der Waals surface area (Å²) < 4.78 is 112. The molecule has 2 aliphatic rings. The summed E-state index contributed by atoms with van der Waals surface area (Å²) in [6.45, 7) is -1.93. The molecule has 0 aromatic heterocycles. The zero-order valence-electron chi connectivity index (χ0n) is 19.0. The molecule has 0 aliphatic carbocycles. The molecule has 0 bridgehead atoms. The molecule has 2 aliphatic heterocycles. The van der Waals surface area contributed by atoms with Gasteiger partial charge in [0.2, 0.25) is 10.0 Å². The highest BCUT2D eigenvalue weighted by Gasteiger charge is 2.59. The first-order valence-corrected chi connectivity index (χ1v) is 12.7. The fourth-order valence-corrected chi connectivity index (χ4v) is 5.34. The van der Waals surface area contributed by atoms with Gasteiger partial charge in [0.1, 0.15) is 17.7 Å². The Morgan fingerprint density at radius 1 is 1.06 bits per heavy atom. The van der Waals surface area contributed by atoms with E-state index in [1.165, 1.54) is 43.3 Å². The predicted molar refractivity (Wildman–Crippen MR) is 119 cm³/mol. The summed E-state index contributed by atoms with van der Waals surface area (Å²) in [6.07, 6.45) is -0.544. The summed E-state index contributed by atoms with van der Waals surface area (Å²) in [5.74, 6) is -8.92. The minimum atomic E-state index is -4.18. The molecule has 6 nitrogen and oxygen atoms in total. The lowest BCUT2D eigenvalue weighted by atomic mass is 9.95. The first-order chi connectivity index (χ1) is 16.7. The van der Waals surface area contributed by atoms with Crippen molar-refractivity contribution in [3.63, 3.8) is 0 Å². The number of benzene rings is 2. The highest BCUT2D eigenvalue weighted by Crippen LogP contribution is 2.38. The van der Waals surface area contributed by atoms with Crippen molar-refractivity contribution in [2.75, 3.05) is 25.4 Å². The predicted octanol–water partition coefficient (Wildman–Crippen LogP) is 3.87. The lowest BCUT2D eigenvalue weighted by molar-refractivity contribution is -0.114. The number of amides is 2. The van der Waals surface area contributed by atoms with E-state index in [1.807, 2.05) is 4.72 Å². The molecule has 0 saturated carbocycles. The van der Waals surface area contributed by atoms with Crippen molar-refractivity contribution in [2.45, 2.75) is 37.3 Å². The van der Waals surface area contributed by atoms with Gasteiger partial charge in [-0.1, -0.05) is 30.3 Å². The SMILES string of the molecule is CCS(=O)(=O)N[C@@H]1[C@H](Cc2cccc(-c3cccc(F)c3)c2F)N(C(=O)N2CC(F)(F)C2)CC1(F)F. The van der Waals surface area contributed by atoms with Crippen LogP contribution in [-0.4, -0.2) is 73.6 Å². The van der Waals surface area contributed by atoms with Crippen molar-refractivity contribution >= 4 is 16.1 Å². The average Bonchev–Trinajstić information content (AvgIpc) is 3.02. The zero-order valence-corrected chi connectivity index (χ0v) is 19.8. The standard InChI is InChI=1S/C23H23F6N3O3S/c1-2-36(34,35)30-20-18(32(13-23(20,28)29)21(33)31-11-22(26,27)12-31)10-15-6-4-8-17(19(15)25)14-5-3-7-16(24)9-14/h3-9,18,20,30H,2,10-13H2,1H3/t18-,20+/m0/s1. The summed E-state index contributed by atoms with van der Waals surface area (Å²) in [4.78, 5) is 14.2. The molecule has 2 fully saturated rings. The number of carbonyl (C=O) groups is 1. The number of hydrogen-bond donors (Lipinski definition) is 1. The van der Waals surface area contributed by atoms with E-state index in [0.717, 1.165) is 6.07 Å². The van der Waals surface area contributed by atoms with Crippen LogP contribution in [0.5, 0.6) is 0 Å². The summed E-state index contributed by atoms with van der Waals surface area (Å²) in [6, 6.07) is 4.30. The normalized spacial score (nSPS) is 23.0. The molecule has 4 rings (SSSR count). The Hall–Kier alpha value is -2.80. The van der Waals surface area contributed by atoms with E-state index in [0.29, 0.717) is 9.80 Å². The summed E-state index contributed by atoms with van der Waals surface area (Å²) in [5, 5.41) is 0.